The van der Waals surface area contributed by atoms with E-state index in [0.717, 1.165) is 11.3 Å². The van der Waals surface area contributed by atoms with Gasteiger partial charge in [-0.15, -0.1) is 0 Å². The zero-order chi connectivity index (χ0) is 17.3. The predicted octanol–water partition coefficient (Wildman–Crippen LogP) is 2.53. The van der Waals surface area contributed by atoms with E-state index in [1.54, 1.807) is 0 Å². The first-order valence-corrected chi connectivity index (χ1v) is 7.83. The summed E-state index contributed by atoms with van der Waals surface area (Å²) in [5.74, 6) is 0. The van der Waals surface area contributed by atoms with Gasteiger partial charge >= 0.3 is 6.09 Å². The first-order chi connectivity index (χ1) is 10.8. The predicted molar refractivity (Wildman–Crippen MR) is 96.4 cm³/mol. The van der Waals surface area contributed by atoms with E-state index in [1.807, 2.05) is 51.1 Å². The third-order valence-corrected chi connectivity index (χ3v) is 2.76. The van der Waals surface area contributed by atoms with Crippen molar-refractivity contribution < 1.29 is 9.53 Å². The number of carbonyl (C=O) groups is 1. The minimum atomic E-state index is -0.499. The van der Waals surface area contributed by atoms with Crippen molar-refractivity contribution in [3.05, 3.63) is 35.9 Å². The number of hydrogen-bond donors (Lipinski definition) is 3. The molecule has 7 heteroatoms. The topological polar surface area (TPSA) is 88.7 Å². The second-order valence-electron chi connectivity index (χ2n) is 5.93. The number of nitrogens with zero attached hydrogens (tertiary/aromatic N) is 1. The van der Waals surface area contributed by atoms with Gasteiger partial charge in [0.2, 0.25) is 0 Å². The van der Waals surface area contributed by atoms with Crippen molar-refractivity contribution in [1.29, 1.82) is 0 Å². The summed E-state index contributed by atoms with van der Waals surface area (Å²) in [6.07, 6.45) is 0.957. The minimum absolute atomic E-state index is 0.116. The maximum Gasteiger partial charge on any atom is 0.407 e. The van der Waals surface area contributed by atoms with Gasteiger partial charge in [0.05, 0.1) is 5.71 Å². The SMILES string of the molecule is CC(C)(C)OC(=O)NCCCC(=NNC(N)=S)c1ccccc1. The summed E-state index contributed by atoms with van der Waals surface area (Å²) in [4.78, 5) is 11.6. The van der Waals surface area contributed by atoms with E-state index in [2.05, 4.69) is 15.8 Å². The molecule has 0 bridgehead atoms. The number of alkyl carbamates (subject to hydrolysis) is 1. The van der Waals surface area contributed by atoms with Crippen LogP contribution in [0.5, 0.6) is 0 Å². The Morgan fingerprint density at radius 1 is 1.30 bits per heavy atom. The van der Waals surface area contributed by atoms with Crippen LogP contribution in [0.1, 0.15) is 39.2 Å². The maximum atomic E-state index is 11.6. The zero-order valence-corrected chi connectivity index (χ0v) is 14.6. The smallest absolute Gasteiger partial charge is 0.407 e. The van der Waals surface area contributed by atoms with Gasteiger partial charge in [-0.05, 0) is 51.4 Å². The molecule has 1 aromatic carbocycles. The van der Waals surface area contributed by atoms with E-state index >= 15 is 0 Å². The van der Waals surface area contributed by atoms with Crippen LogP contribution in [0.3, 0.4) is 0 Å². The number of carbonyl (C=O) groups excluding carboxylic acids is 1. The highest BCUT2D eigenvalue weighted by Crippen LogP contribution is 2.08. The fourth-order valence-corrected chi connectivity index (χ4v) is 1.82. The Kier molecular flexibility index (Phi) is 7.47. The van der Waals surface area contributed by atoms with E-state index in [0.29, 0.717) is 19.4 Å². The van der Waals surface area contributed by atoms with E-state index in [9.17, 15) is 4.79 Å². The Morgan fingerprint density at radius 2 is 1.96 bits per heavy atom. The fourth-order valence-electron chi connectivity index (χ4n) is 1.78. The molecule has 0 aliphatic rings. The van der Waals surface area contributed by atoms with Crippen LogP contribution in [0, 0.1) is 0 Å². The van der Waals surface area contributed by atoms with Crippen LogP contribution in [0.2, 0.25) is 0 Å². The number of hydrazone groups is 1. The molecule has 0 aliphatic heterocycles. The van der Waals surface area contributed by atoms with E-state index < -0.39 is 11.7 Å². The van der Waals surface area contributed by atoms with Crippen LogP contribution in [0.15, 0.2) is 35.4 Å². The monoisotopic (exact) mass is 336 g/mol. The second kappa shape index (κ2) is 9.09. The Labute approximate surface area is 142 Å². The summed E-state index contributed by atoms with van der Waals surface area (Å²) in [7, 11) is 0. The number of nitrogens with one attached hydrogen (secondary N) is 2. The van der Waals surface area contributed by atoms with Crippen LogP contribution >= 0.6 is 12.2 Å². The quantitative estimate of drug-likeness (QED) is 0.321. The molecule has 6 nitrogen and oxygen atoms in total. The summed E-state index contributed by atoms with van der Waals surface area (Å²) < 4.78 is 5.18. The lowest BCUT2D eigenvalue weighted by molar-refractivity contribution is 0.0527. The lowest BCUT2D eigenvalue weighted by Gasteiger charge is -2.19. The summed E-state index contributed by atoms with van der Waals surface area (Å²) in [5, 5.41) is 7.07. The number of thiocarbonyl (C=S) groups is 1. The van der Waals surface area contributed by atoms with Crippen LogP contribution in [-0.2, 0) is 4.74 Å². The first kappa shape index (κ1) is 18.9. The highest BCUT2D eigenvalue weighted by atomic mass is 32.1. The summed E-state index contributed by atoms with van der Waals surface area (Å²) >= 11 is 4.77. The van der Waals surface area contributed by atoms with Crippen LogP contribution < -0.4 is 16.5 Å². The van der Waals surface area contributed by atoms with Gasteiger partial charge in [-0.1, -0.05) is 30.3 Å². The molecule has 0 radical (unpaired) electrons. The van der Waals surface area contributed by atoms with E-state index in [4.69, 9.17) is 22.7 Å². The van der Waals surface area contributed by atoms with Gasteiger partial charge in [-0.2, -0.15) is 5.10 Å². The molecular weight excluding hydrogens is 312 g/mol. The van der Waals surface area contributed by atoms with Crippen LogP contribution in [0.25, 0.3) is 0 Å². The van der Waals surface area contributed by atoms with Gasteiger partial charge in [0.25, 0.3) is 0 Å². The van der Waals surface area contributed by atoms with Gasteiger partial charge in [-0.25, -0.2) is 4.79 Å². The molecule has 0 spiro atoms. The van der Waals surface area contributed by atoms with Gasteiger partial charge in [-0.3, -0.25) is 5.43 Å². The molecule has 1 amide bonds. The number of amides is 1. The zero-order valence-electron chi connectivity index (χ0n) is 13.8. The molecule has 0 aliphatic carbocycles. The molecular formula is C16H24N4O2S. The Hall–Kier alpha value is -2.15. The molecule has 0 aromatic heterocycles. The number of nitrogens with two attached hydrogens (primary N) is 1. The third-order valence-electron chi connectivity index (χ3n) is 2.67. The van der Waals surface area contributed by atoms with Crippen LogP contribution in [-0.4, -0.2) is 29.1 Å². The Balaban J connectivity index is 2.51. The van der Waals surface area contributed by atoms with Gasteiger partial charge in [0.15, 0.2) is 5.11 Å². The van der Waals surface area contributed by atoms with E-state index in [1.165, 1.54) is 0 Å². The molecule has 4 N–H and O–H groups in total. The normalized spacial score (nSPS) is 11.7. The van der Waals surface area contributed by atoms with Gasteiger partial charge < -0.3 is 15.8 Å². The van der Waals surface area contributed by atoms with Crippen molar-refractivity contribution in [2.24, 2.45) is 10.8 Å². The lowest BCUT2D eigenvalue weighted by Crippen LogP contribution is -2.33. The molecule has 0 heterocycles. The Morgan fingerprint density at radius 3 is 2.52 bits per heavy atom. The highest BCUT2D eigenvalue weighted by Gasteiger charge is 2.15. The average Bonchev–Trinajstić information content (AvgIpc) is 2.45. The lowest BCUT2D eigenvalue weighted by atomic mass is 10.1. The average molecular weight is 336 g/mol. The minimum Gasteiger partial charge on any atom is -0.444 e. The molecule has 0 fully saturated rings. The number of ether oxygens (including phenoxy) is 1. The molecule has 0 saturated carbocycles. The van der Waals surface area contributed by atoms with Crippen LogP contribution in [0.4, 0.5) is 4.79 Å². The summed E-state index contributed by atoms with van der Waals surface area (Å²) in [5.41, 5.74) is 9.33. The number of benzene rings is 1. The molecule has 1 aromatic rings. The largest absolute Gasteiger partial charge is 0.444 e. The molecule has 0 saturated heterocycles. The maximum absolute atomic E-state index is 11.6. The first-order valence-electron chi connectivity index (χ1n) is 7.42. The number of rotatable bonds is 6. The standard InChI is InChI=1S/C16H24N4O2S/c1-16(2,3)22-15(21)18-11-7-10-13(19-20-14(17)23)12-8-5-4-6-9-12/h4-6,8-9H,7,10-11H2,1-3H3,(H,18,21)(H3,17,20,23). The second-order valence-corrected chi connectivity index (χ2v) is 6.37. The molecule has 0 atom stereocenters. The third kappa shape index (κ3) is 8.77. The van der Waals surface area contributed by atoms with Gasteiger partial charge in [0, 0.05) is 6.54 Å². The van der Waals surface area contributed by atoms with Crippen molar-refractivity contribution in [2.75, 3.05) is 6.54 Å². The van der Waals surface area contributed by atoms with Crippen molar-refractivity contribution in [1.82, 2.24) is 10.7 Å². The van der Waals surface area contributed by atoms with Gasteiger partial charge in [0.1, 0.15) is 5.60 Å². The fraction of sp³-hybridized carbons (Fsp3) is 0.438. The molecule has 1 rings (SSSR count). The summed E-state index contributed by atoms with van der Waals surface area (Å²) in [6.45, 7) is 5.98. The van der Waals surface area contributed by atoms with Crippen molar-refractivity contribution in [3.8, 4) is 0 Å². The highest BCUT2D eigenvalue weighted by molar-refractivity contribution is 7.80. The molecule has 0 unspecified atom stereocenters. The van der Waals surface area contributed by atoms with E-state index in [-0.39, 0.29) is 5.11 Å². The number of hydrogen-bond acceptors (Lipinski definition) is 4. The summed E-state index contributed by atoms with van der Waals surface area (Å²) in [6, 6.07) is 9.73. The van der Waals surface area contributed by atoms with Crippen molar-refractivity contribution in [3.63, 3.8) is 0 Å². The van der Waals surface area contributed by atoms with Crippen molar-refractivity contribution >= 4 is 29.1 Å². The Bertz CT molecular complexity index is 553. The van der Waals surface area contributed by atoms with Crippen molar-refractivity contribution in [2.45, 2.75) is 39.2 Å². The molecule has 126 valence electrons. The molecule has 23 heavy (non-hydrogen) atoms.